The largest absolute Gasteiger partial charge is 0.480 e. The average Bonchev–Trinajstić information content (AvgIpc) is 3.19. The Labute approximate surface area is 178 Å². The predicted molar refractivity (Wildman–Crippen MR) is 116 cm³/mol. The van der Waals surface area contributed by atoms with Crippen molar-refractivity contribution in [2.45, 2.75) is 11.4 Å². The lowest BCUT2D eigenvalue weighted by Crippen LogP contribution is -2.43. The minimum Gasteiger partial charge on any atom is -0.480 e. The van der Waals surface area contributed by atoms with Gasteiger partial charge in [-0.25, -0.2) is 4.79 Å². The molecule has 0 aliphatic carbocycles. The average molecular weight is 424 g/mol. The Kier molecular flexibility index (Phi) is 5.60. The number of nitrogens with zero attached hydrogens (tertiary/aromatic N) is 1. The molecular formula is C23H18ClNO3S. The summed E-state index contributed by atoms with van der Waals surface area (Å²) in [6.45, 7) is 0. The summed E-state index contributed by atoms with van der Waals surface area (Å²) in [6, 6.07) is 23.4. The summed E-state index contributed by atoms with van der Waals surface area (Å²) in [5, 5.41) is 9.78. The zero-order valence-electron chi connectivity index (χ0n) is 15.4. The first-order valence-electron chi connectivity index (χ1n) is 9.13. The summed E-state index contributed by atoms with van der Waals surface area (Å²) in [5.74, 6) is -1.01. The van der Waals surface area contributed by atoms with Crippen LogP contribution in [-0.2, 0) is 4.79 Å². The number of benzene rings is 3. The van der Waals surface area contributed by atoms with Crippen molar-refractivity contribution >= 4 is 35.2 Å². The van der Waals surface area contributed by atoms with Gasteiger partial charge in [-0.05, 0) is 29.3 Å². The van der Waals surface area contributed by atoms with Crippen LogP contribution >= 0.6 is 23.4 Å². The van der Waals surface area contributed by atoms with Crippen LogP contribution in [0.1, 0.15) is 21.3 Å². The second-order valence-corrected chi connectivity index (χ2v) is 8.24. The van der Waals surface area contributed by atoms with Crippen LogP contribution in [-0.4, -0.2) is 33.7 Å². The van der Waals surface area contributed by atoms with Crippen LogP contribution in [0.25, 0.3) is 11.1 Å². The van der Waals surface area contributed by atoms with Gasteiger partial charge in [-0.3, -0.25) is 4.79 Å². The number of hydrogen-bond acceptors (Lipinski definition) is 3. The molecule has 146 valence electrons. The molecule has 2 atom stereocenters. The van der Waals surface area contributed by atoms with Crippen LogP contribution < -0.4 is 0 Å². The number of carboxylic acid groups (broad SMARTS) is 1. The van der Waals surface area contributed by atoms with Crippen LogP contribution in [0.2, 0.25) is 5.02 Å². The molecule has 29 heavy (non-hydrogen) atoms. The number of hydrogen-bond donors (Lipinski definition) is 1. The maximum Gasteiger partial charge on any atom is 0.327 e. The normalized spacial score (nSPS) is 18.6. The smallest absolute Gasteiger partial charge is 0.327 e. The van der Waals surface area contributed by atoms with Crippen molar-refractivity contribution in [3.05, 3.63) is 95.0 Å². The lowest BCUT2D eigenvalue weighted by atomic mass is 10.0. The van der Waals surface area contributed by atoms with E-state index in [1.54, 1.807) is 12.1 Å². The number of thioether (sulfide) groups is 1. The molecule has 6 heteroatoms. The maximum absolute atomic E-state index is 13.4. The molecule has 1 aliphatic heterocycles. The molecule has 0 spiro atoms. The number of aliphatic carboxylic acids is 1. The van der Waals surface area contributed by atoms with E-state index in [-0.39, 0.29) is 5.91 Å². The minimum absolute atomic E-state index is 0.315. The fraction of sp³-hybridized carbons (Fsp3) is 0.130. The molecular weight excluding hydrogens is 406 g/mol. The molecule has 3 aromatic carbocycles. The molecule has 1 aliphatic rings. The summed E-state index contributed by atoms with van der Waals surface area (Å²) >= 11 is 7.77. The Bertz CT molecular complexity index is 1060. The lowest BCUT2D eigenvalue weighted by molar-refractivity contribution is -0.141. The second kappa shape index (κ2) is 8.31. The molecule has 4 rings (SSSR count). The van der Waals surface area contributed by atoms with Crippen molar-refractivity contribution in [1.82, 2.24) is 4.90 Å². The standard InChI is InChI=1S/C23H18ClNO3S/c24-19-12-5-4-11-18(19)22-25(20(14-29-22)23(27)28)21(26)17-10-6-9-16(13-17)15-7-2-1-3-8-15/h1-13,20,22H,14H2,(H,27,28)/t20-,22+/m0/s1. The van der Waals surface area contributed by atoms with Crippen molar-refractivity contribution in [1.29, 1.82) is 0 Å². The highest BCUT2D eigenvalue weighted by Crippen LogP contribution is 2.44. The molecule has 1 fully saturated rings. The Morgan fingerprint density at radius 2 is 1.62 bits per heavy atom. The van der Waals surface area contributed by atoms with Gasteiger partial charge in [-0.15, -0.1) is 11.8 Å². The number of carbonyl (C=O) groups is 2. The molecule has 0 bridgehead atoms. The topological polar surface area (TPSA) is 57.6 Å². The van der Waals surface area contributed by atoms with Gasteiger partial charge in [0.25, 0.3) is 5.91 Å². The first-order chi connectivity index (χ1) is 14.1. The van der Waals surface area contributed by atoms with Crippen LogP contribution in [0, 0.1) is 0 Å². The molecule has 0 radical (unpaired) electrons. The van der Waals surface area contributed by atoms with E-state index in [1.165, 1.54) is 16.7 Å². The van der Waals surface area contributed by atoms with E-state index in [0.717, 1.165) is 16.7 Å². The first-order valence-corrected chi connectivity index (χ1v) is 10.6. The predicted octanol–water partition coefficient (Wildman–Crippen LogP) is 5.35. The minimum atomic E-state index is -1.01. The lowest BCUT2D eigenvalue weighted by Gasteiger charge is -2.28. The zero-order valence-corrected chi connectivity index (χ0v) is 16.9. The van der Waals surface area contributed by atoms with Gasteiger partial charge < -0.3 is 10.0 Å². The molecule has 1 saturated heterocycles. The fourth-order valence-electron chi connectivity index (χ4n) is 3.47. The van der Waals surface area contributed by atoms with Crippen molar-refractivity contribution in [2.24, 2.45) is 0 Å². The highest BCUT2D eigenvalue weighted by atomic mass is 35.5. The van der Waals surface area contributed by atoms with Crippen molar-refractivity contribution in [3.63, 3.8) is 0 Å². The summed E-state index contributed by atoms with van der Waals surface area (Å²) in [7, 11) is 0. The SMILES string of the molecule is O=C(O)[C@@H]1CS[C@H](c2ccccc2Cl)N1C(=O)c1cccc(-c2ccccc2)c1. The van der Waals surface area contributed by atoms with Gasteiger partial charge in [-0.2, -0.15) is 0 Å². The molecule has 3 aromatic rings. The quantitative estimate of drug-likeness (QED) is 0.614. The third kappa shape index (κ3) is 3.88. The summed E-state index contributed by atoms with van der Waals surface area (Å²) < 4.78 is 0. The first kappa shape index (κ1) is 19.6. The zero-order chi connectivity index (χ0) is 20.4. The molecule has 0 saturated carbocycles. The summed E-state index contributed by atoms with van der Waals surface area (Å²) in [6.07, 6.45) is 0. The van der Waals surface area contributed by atoms with Crippen molar-refractivity contribution in [2.75, 3.05) is 5.75 Å². The van der Waals surface area contributed by atoms with Crippen molar-refractivity contribution in [3.8, 4) is 11.1 Å². The highest BCUT2D eigenvalue weighted by molar-refractivity contribution is 7.99. The Morgan fingerprint density at radius 3 is 2.34 bits per heavy atom. The third-order valence-electron chi connectivity index (χ3n) is 4.91. The Hall–Kier alpha value is -2.76. The van der Waals surface area contributed by atoms with E-state index in [9.17, 15) is 14.7 Å². The van der Waals surface area contributed by atoms with Crippen LogP contribution in [0.15, 0.2) is 78.9 Å². The summed E-state index contributed by atoms with van der Waals surface area (Å²) in [4.78, 5) is 26.7. The van der Waals surface area contributed by atoms with Crippen LogP contribution in [0.3, 0.4) is 0 Å². The molecule has 1 N–H and O–H groups in total. The molecule has 1 heterocycles. The monoisotopic (exact) mass is 423 g/mol. The van der Waals surface area contributed by atoms with Crippen molar-refractivity contribution < 1.29 is 14.7 Å². The number of carbonyl (C=O) groups excluding carboxylic acids is 1. The van der Waals surface area contributed by atoms with E-state index in [1.807, 2.05) is 66.7 Å². The van der Waals surface area contributed by atoms with E-state index >= 15 is 0 Å². The highest BCUT2D eigenvalue weighted by Gasteiger charge is 2.43. The molecule has 0 unspecified atom stereocenters. The second-order valence-electron chi connectivity index (χ2n) is 6.72. The number of carboxylic acids is 1. The Morgan fingerprint density at radius 1 is 0.931 bits per heavy atom. The van der Waals surface area contributed by atoms with Gasteiger partial charge in [0.15, 0.2) is 0 Å². The number of halogens is 1. The van der Waals surface area contributed by atoms with E-state index in [4.69, 9.17) is 11.6 Å². The molecule has 4 nitrogen and oxygen atoms in total. The van der Waals surface area contributed by atoms with Gasteiger partial charge >= 0.3 is 5.97 Å². The fourth-order valence-corrected chi connectivity index (χ4v) is 5.23. The number of amides is 1. The Balaban J connectivity index is 1.73. The molecule has 1 amide bonds. The maximum atomic E-state index is 13.4. The third-order valence-corrected chi connectivity index (χ3v) is 6.56. The van der Waals surface area contributed by atoms with E-state index in [0.29, 0.717) is 16.3 Å². The van der Waals surface area contributed by atoms with Gasteiger partial charge in [0.2, 0.25) is 0 Å². The van der Waals surface area contributed by atoms with Gasteiger partial charge in [0.1, 0.15) is 11.4 Å². The van der Waals surface area contributed by atoms with Gasteiger partial charge in [-0.1, -0.05) is 72.3 Å². The van der Waals surface area contributed by atoms with E-state index in [2.05, 4.69) is 0 Å². The van der Waals surface area contributed by atoms with Crippen LogP contribution in [0.5, 0.6) is 0 Å². The summed E-state index contributed by atoms with van der Waals surface area (Å²) in [5.41, 5.74) is 3.10. The van der Waals surface area contributed by atoms with Gasteiger partial charge in [0.05, 0.1) is 0 Å². The van der Waals surface area contributed by atoms with Gasteiger partial charge in [0, 0.05) is 21.9 Å². The number of rotatable bonds is 4. The molecule has 0 aromatic heterocycles. The van der Waals surface area contributed by atoms with Crippen LogP contribution in [0.4, 0.5) is 0 Å². The van der Waals surface area contributed by atoms with E-state index < -0.39 is 17.4 Å².